The Morgan fingerprint density at radius 3 is 2.50 bits per heavy atom. The second-order valence-corrected chi connectivity index (χ2v) is 19.6. The van der Waals surface area contributed by atoms with Crippen LogP contribution in [0, 0.1) is 24.5 Å². The number of allylic oxidation sites excluding steroid dienone is 1. The molecular formula is C40H49F2N5O8S. The van der Waals surface area contributed by atoms with Crippen LogP contribution in [0.5, 0.6) is 5.75 Å². The number of likely N-dealkylation sites (N-methyl/N-ethyl adjacent to an activating group) is 1. The van der Waals surface area contributed by atoms with Gasteiger partial charge in [-0.25, -0.2) is 27.0 Å². The summed E-state index contributed by atoms with van der Waals surface area (Å²) in [6, 6.07) is -0.00319. The SMILES string of the molecule is Cc1nc2cc(F)c(F)cc2c2c1O[C@]1(CC2)C[C@H]2C(=O)N[C@]3(C(=O)NS(=O)(=O)C4(C)CC4)C[C@H]3/C=C\CCCCC[C@H](N(C)C(=O)OC3(C)CC3)C(=O)N2C1. The number of aryl methyl sites for hydroxylation is 2. The fraction of sp³-hybridized carbons (Fsp3) is 0.625. The molecule has 6 aliphatic rings. The number of hydrogen-bond acceptors (Lipinski definition) is 9. The van der Waals surface area contributed by atoms with Crippen LogP contribution in [-0.4, -0.2) is 94.2 Å². The van der Waals surface area contributed by atoms with Gasteiger partial charge < -0.3 is 19.7 Å². The molecule has 16 heteroatoms. The summed E-state index contributed by atoms with van der Waals surface area (Å²) in [4.78, 5) is 64.2. The minimum absolute atomic E-state index is 0.00674. The topological polar surface area (TPSA) is 164 Å². The highest BCUT2D eigenvalue weighted by Crippen LogP contribution is 2.49. The molecule has 2 aromatic rings. The maximum atomic E-state index is 14.9. The number of rotatable bonds is 5. The number of fused-ring (bicyclic) bond motifs is 5. The molecule has 3 aliphatic carbocycles. The first-order valence-electron chi connectivity index (χ1n) is 19.7. The predicted molar refractivity (Wildman–Crippen MR) is 200 cm³/mol. The van der Waals surface area contributed by atoms with Gasteiger partial charge in [0.15, 0.2) is 11.6 Å². The molecule has 5 atom stereocenters. The van der Waals surface area contributed by atoms with Gasteiger partial charge in [-0.1, -0.05) is 25.0 Å². The van der Waals surface area contributed by atoms with Crippen LogP contribution in [0.1, 0.15) is 102 Å². The molecule has 1 aromatic carbocycles. The normalized spacial score (nSPS) is 31.0. The number of nitrogens with zero attached hydrogens (tertiary/aromatic N) is 3. The van der Waals surface area contributed by atoms with Gasteiger partial charge in [0.2, 0.25) is 21.8 Å². The Morgan fingerprint density at radius 1 is 1.05 bits per heavy atom. The molecule has 13 nitrogen and oxygen atoms in total. The molecule has 3 aliphatic heterocycles. The maximum absolute atomic E-state index is 14.9. The minimum Gasteiger partial charge on any atom is -0.483 e. The number of hydrogen-bond donors (Lipinski definition) is 2. The summed E-state index contributed by atoms with van der Waals surface area (Å²) in [6.07, 6.45) is 9.38. The van der Waals surface area contributed by atoms with Crippen LogP contribution in [0.25, 0.3) is 10.9 Å². The van der Waals surface area contributed by atoms with Crippen molar-refractivity contribution < 1.29 is 45.9 Å². The van der Waals surface area contributed by atoms with E-state index in [0.717, 1.165) is 37.8 Å². The van der Waals surface area contributed by atoms with Crippen molar-refractivity contribution >= 4 is 44.7 Å². The van der Waals surface area contributed by atoms with Crippen molar-refractivity contribution in [3.8, 4) is 5.75 Å². The minimum atomic E-state index is -4.02. The van der Waals surface area contributed by atoms with E-state index in [-0.39, 0.29) is 24.9 Å². The van der Waals surface area contributed by atoms with Crippen molar-refractivity contribution in [2.24, 2.45) is 5.92 Å². The molecule has 302 valence electrons. The second kappa shape index (κ2) is 13.4. The maximum Gasteiger partial charge on any atom is 0.410 e. The van der Waals surface area contributed by atoms with Gasteiger partial charge in [0, 0.05) is 36.4 Å². The molecule has 2 N–H and O–H groups in total. The quantitative estimate of drug-likeness (QED) is 0.402. The van der Waals surface area contributed by atoms with Gasteiger partial charge in [-0.15, -0.1) is 0 Å². The number of benzene rings is 1. The number of carbonyl (C=O) groups excluding carboxylic acids is 4. The van der Waals surface area contributed by atoms with Crippen molar-refractivity contribution in [1.29, 1.82) is 0 Å². The van der Waals surface area contributed by atoms with Crippen molar-refractivity contribution in [3.63, 3.8) is 0 Å². The lowest BCUT2D eigenvalue weighted by atomic mass is 9.87. The smallest absolute Gasteiger partial charge is 0.410 e. The molecule has 0 unspecified atom stereocenters. The lowest BCUT2D eigenvalue weighted by Gasteiger charge is -2.37. The third kappa shape index (κ3) is 6.78. The van der Waals surface area contributed by atoms with E-state index >= 15 is 0 Å². The predicted octanol–water partition coefficient (Wildman–Crippen LogP) is 4.87. The summed E-state index contributed by atoms with van der Waals surface area (Å²) in [5, 5.41) is 3.31. The van der Waals surface area contributed by atoms with Gasteiger partial charge in [-0.05, 0) is 91.0 Å². The molecule has 4 heterocycles. The second-order valence-electron chi connectivity index (χ2n) is 17.4. The van der Waals surface area contributed by atoms with E-state index < -0.39 is 85.0 Å². The fourth-order valence-corrected chi connectivity index (χ4v) is 9.89. The van der Waals surface area contributed by atoms with Gasteiger partial charge in [0.05, 0.1) is 22.5 Å². The van der Waals surface area contributed by atoms with E-state index in [9.17, 15) is 36.4 Å². The van der Waals surface area contributed by atoms with Crippen LogP contribution in [0.3, 0.4) is 0 Å². The number of amides is 4. The summed E-state index contributed by atoms with van der Waals surface area (Å²) < 4.78 is 68.8. The summed E-state index contributed by atoms with van der Waals surface area (Å²) in [5.74, 6) is -4.10. The van der Waals surface area contributed by atoms with Crippen molar-refractivity contribution in [2.45, 2.75) is 138 Å². The highest BCUT2D eigenvalue weighted by Gasteiger charge is 2.64. The Labute approximate surface area is 325 Å². The number of sulfonamides is 1. The summed E-state index contributed by atoms with van der Waals surface area (Å²) in [5.41, 5.74) is -1.92. The average molecular weight is 798 g/mol. The molecule has 4 fully saturated rings. The third-order valence-electron chi connectivity index (χ3n) is 13.0. The standard InChI is InChI=1S/C40H49F2N5O8S/c1-23-32-25(26-18-27(41)28(42)19-29(26)43-23)12-13-39(54-32)21-31-33(48)44-40(35(50)45-56(52,53)38(3)16-17-38)20-24(40)10-8-6-5-7-9-11-30(34(49)47(31)22-39)46(4)36(51)55-37(2)14-15-37/h8,10,18-19,24,30-31H,5-7,9,11-17,20-22H2,1-4H3,(H,44,48)(H,45,50)/b10-8-/t24-,30+,31+,39-,40-/m1/s1. The molecule has 0 bridgehead atoms. The molecule has 0 radical (unpaired) electrons. The molecule has 3 saturated carbocycles. The fourth-order valence-electron chi connectivity index (χ4n) is 8.58. The molecule has 8 rings (SSSR count). The Kier molecular flexibility index (Phi) is 9.20. The first-order valence-corrected chi connectivity index (χ1v) is 21.2. The average Bonchev–Trinajstić information content (AvgIpc) is 4.10. The number of ether oxygens (including phenoxy) is 2. The summed E-state index contributed by atoms with van der Waals surface area (Å²) in [6.45, 7) is 5.06. The first-order chi connectivity index (χ1) is 26.4. The Hall–Kier alpha value is -4.34. The molecule has 1 saturated heterocycles. The van der Waals surface area contributed by atoms with Crippen LogP contribution in [-0.2, 0) is 35.6 Å². The molecule has 1 aromatic heterocycles. The van der Waals surface area contributed by atoms with Crippen molar-refractivity contribution in [3.05, 3.63) is 47.2 Å². The van der Waals surface area contributed by atoms with E-state index in [0.29, 0.717) is 67.3 Å². The van der Waals surface area contributed by atoms with E-state index in [1.807, 2.05) is 19.1 Å². The van der Waals surface area contributed by atoms with E-state index in [4.69, 9.17) is 9.47 Å². The van der Waals surface area contributed by atoms with Crippen LogP contribution < -0.4 is 14.8 Å². The van der Waals surface area contributed by atoms with Gasteiger partial charge >= 0.3 is 6.09 Å². The van der Waals surface area contributed by atoms with E-state index in [1.165, 1.54) is 16.8 Å². The number of pyridine rings is 1. The molecule has 1 spiro atoms. The van der Waals surface area contributed by atoms with Crippen LogP contribution in [0.2, 0.25) is 0 Å². The lowest BCUT2D eigenvalue weighted by molar-refractivity contribution is -0.143. The third-order valence-corrected chi connectivity index (χ3v) is 15.2. The van der Waals surface area contributed by atoms with Crippen LogP contribution in [0.15, 0.2) is 24.3 Å². The highest BCUT2D eigenvalue weighted by atomic mass is 32.2. The van der Waals surface area contributed by atoms with Gasteiger partial charge in [-0.3, -0.25) is 24.0 Å². The summed E-state index contributed by atoms with van der Waals surface area (Å²) in [7, 11) is -2.50. The zero-order valence-electron chi connectivity index (χ0n) is 32.2. The zero-order chi connectivity index (χ0) is 40.0. The molecule has 4 amide bonds. The number of carbonyl (C=O) groups is 4. The zero-order valence-corrected chi connectivity index (χ0v) is 33.0. The monoisotopic (exact) mass is 797 g/mol. The first kappa shape index (κ1) is 38.5. The Balaban J connectivity index is 1.15. The van der Waals surface area contributed by atoms with E-state index in [1.54, 1.807) is 13.8 Å². The lowest BCUT2D eigenvalue weighted by Crippen LogP contribution is -2.58. The largest absolute Gasteiger partial charge is 0.483 e. The highest BCUT2D eigenvalue weighted by molar-refractivity contribution is 7.91. The van der Waals surface area contributed by atoms with Crippen LogP contribution in [0.4, 0.5) is 13.6 Å². The van der Waals surface area contributed by atoms with Crippen molar-refractivity contribution in [1.82, 2.24) is 24.8 Å². The number of halogens is 2. The van der Waals surface area contributed by atoms with Crippen molar-refractivity contribution in [2.75, 3.05) is 13.6 Å². The molecule has 56 heavy (non-hydrogen) atoms. The number of aromatic nitrogens is 1. The van der Waals surface area contributed by atoms with Gasteiger partial charge in [-0.2, -0.15) is 0 Å². The summed E-state index contributed by atoms with van der Waals surface area (Å²) >= 11 is 0. The molecular weight excluding hydrogens is 749 g/mol. The van der Waals surface area contributed by atoms with Gasteiger partial charge in [0.25, 0.3) is 5.91 Å². The van der Waals surface area contributed by atoms with Gasteiger partial charge in [0.1, 0.15) is 34.6 Å². The Morgan fingerprint density at radius 2 is 1.79 bits per heavy atom. The van der Waals surface area contributed by atoms with Crippen LogP contribution >= 0.6 is 0 Å². The number of nitrogens with one attached hydrogen (secondary N) is 2. The Bertz CT molecular complexity index is 2170. The van der Waals surface area contributed by atoms with E-state index in [2.05, 4.69) is 15.0 Å².